The van der Waals surface area contributed by atoms with Gasteiger partial charge in [-0.25, -0.2) is 4.79 Å². The van der Waals surface area contributed by atoms with Crippen LogP contribution in [0.4, 0.5) is 5.69 Å². The molecule has 0 aliphatic carbocycles. The van der Waals surface area contributed by atoms with Crippen molar-refractivity contribution in [3.8, 4) is 0 Å². The van der Waals surface area contributed by atoms with Gasteiger partial charge in [-0.05, 0) is 42.7 Å². The van der Waals surface area contributed by atoms with Gasteiger partial charge in [0.25, 0.3) is 0 Å². The number of aryl methyl sites for hydroxylation is 1. The van der Waals surface area contributed by atoms with Crippen molar-refractivity contribution >= 4 is 28.5 Å². The maximum absolute atomic E-state index is 12.5. The van der Waals surface area contributed by atoms with Crippen molar-refractivity contribution in [2.24, 2.45) is 7.05 Å². The molecule has 0 spiro atoms. The van der Waals surface area contributed by atoms with Gasteiger partial charge in [0.1, 0.15) is 6.54 Å². The summed E-state index contributed by atoms with van der Waals surface area (Å²) in [6.45, 7) is 1.04. The Morgan fingerprint density at radius 2 is 1.83 bits per heavy atom. The first kappa shape index (κ1) is 19.0. The molecule has 1 fully saturated rings. The van der Waals surface area contributed by atoms with Crippen LogP contribution >= 0.6 is 0 Å². The molecule has 29 heavy (non-hydrogen) atoms. The summed E-state index contributed by atoms with van der Waals surface area (Å²) < 4.78 is 3.02. The number of nitrogens with zero attached hydrogens (tertiary/aromatic N) is 3. The quantitative estimate of drug-likeness (QED) is 0.723. The van der Waals surface area contributed by atoms with E-state index in [1.165, 1.54) is 4.57 Å². The van der Waals surface area contributed by atoms with Crippen molar-refractivity contribution in [1.82, 2.24) is 14.5 Å². The second kappa shape index (κ2) is 7.95. The molecule has 1 N–H and O–H groups in total. The Bertz CT molecular complexity index is 1130. The lowest BCUT2D eigenvalue weighted by atomic mass is 10.1. The van der Waals surface area contributed by atoms with Gasteiger partial charge in [0, 0.05) is 32.2 Å². The van der Waals surface area contributed by atoms with E-state index >= 15 is 0 Å². The molecule has 2 amide bonds. The highest BCUT2D eigenvalue weighted by Gasteiger charge is 2.19. The van der Waals surface area contributed by atoms with Crippen molar-refractivity contribution in [3.05, 3.63) is 64.6 Å². The highest BCUT2D eigenvalue weighted by Crippen LogP contribution is 2.22. The predicted molar refractivity (Wildman–Crippen MR) is 112 cm³/mol. The summed E-state index contributed by atoms with van der Waals surface area (Å²) >= 11 is 0. The van der Waals surface area contributed by atoms with E-state index in [1.807, 2.05) is 53.4 Å². The topological polar surface area (TPSA) is 76.3 Å². The van der Waals surface area contributed by atoms with Gasteiger partial charge in [0.2, 0.25) is 11.8 Å². The van der Waals surface area contributed by atoms with Crippen LogP contribution in [0.15, 0.2) is 53.3 Å². The standard InChI is InChI=1S/C22H24N4O3/c1-24-18-9-2-3-10-19(18)26(22(24)29)15-20(27)23-14-16-7-6-8-17(13-16)25-12-5-4-11-21(25)28/h2-3,6-10,13H,4-5,11-12,14-15H2,1H3,(H,23,27). The number of aromatic nitrogens is 2. The normalized spacial score (nSPS) is 14.4. The number of nitrogens with one attached hydrogen (secondary N) is 1. The summed E-state index contributed by atoms with van der Waals surface area (Å²) in [5, 5.41) is 2.88. The van der Waals surface area contributed by atoms with E-state index in [4.69, 9.17) is 0 Å². The molecule has 7 nitrogen and oxygen atoms in total. The molecule has 1 saturated heterocycles. The molecule has 0 saturated carbocycles. The van der Waals surface area contributed by atoms with Crippen LogP contribution in [-0.4, -0.2) is 27.5 Å². The fraction of sp³-hybridized carbons (Fsp3) is 0.318. The van der Waals surface area contributed by atoms with Crippen molar-refractivity contribution < 1.29 is 9.59 Å². The maximum Gasteiger partial charge on any atom is 0.329 e. The lowest BCUT2D eigenvalue weighted by molar-refractivity contribution is -0.122. The smallest absolute Gasteiger partial charge is 0.329 e. The summed E-state index contributed by atoms with van der Waals surface area (Å²) in [6.07, 6.45) is 2.53. The number of rotatable bonds is 5. The van der Waals surface area contributed by atoms with Crippen molar-refractivity contribution in [1.29, 1.82) is 0 Å². The van der Waals surface area contributed by atoms with Gasteiger partial charge < -0.3 is 10.2 Å². The first-order chi connectivity index (χ1) is 14.0. The molecule has 0 atom stereocenters. The number of benzene rings is 2. The van der Waals surface area contributed by atoms with Crippen molar-refractivity contribution in [2.75, 3.05) is 11.4 Å². The molecule has 1 aliphatic rings. The van der Waals surface area contributed by atoms with E-state index in [0.29, 0.717) is 13.0 Å². The van der Waals surface area contributed by atoms with E-state index in [9.17, 15) is 14.4 Å². The third-order valence-electron chi connectivity index (χ3n) is 5.39. The first-order valence-electron chi connectivity index (χ1n) is 9.85. The Balaban J connectivity index is 1.44. The lowest BCUT2D eigenvalue weighted by Gasteiger charge is -2.27. The van der Waals surface area contributed by atoms with E-state index in [0.717, 1.165) is 41.7 Å². The van der Waals surface area contributed by atoms with Crippen LogP contribution in [0.3, 0.4) is 0 Å². The number of amides is 2. The maximum atomic E-state index is 12.5. The molecule has 4 rings (SSSR count). The van der Waals surface area contributed by atoms with Crippen LogP contribution < -0.4 is 15.9 Å². The molecule has 1 aliphatic heterocycles. The Morgan fingerprint density at radius 1 is 1.03 bits per heavy atom. The highest BCUT2D eigenvalue weighted by molar-refractivity contribution is 5.94. The van der Waals surface area contributed by atoms with Crippen LogP contribution in [0, 0.1) is 0 Å². The molecular formula is C22H24N4O3. The fourth-order valence-electron chi connectivity index (χ4n) is 3.83. The molecule has 0 unspecified atom stereocenters. The molecule has 2 aromatic carbocycles. The number of hydrogen-bond donors (Lipinski definition) is 1. The molecule has 7 heteroatoms. The van der Waals surface area contributed by atoms with Gasteiger partial charge in [-0.15, -0.1) is 0 Å². The summed E-state index contributed by atoms with van der Waals surface area (Å²) in [4.78, 5) is 38.9. The zero-order chi connectivity index (χ0) is 20.4. The molecule has 3 aromatic rings. The number of hydrogen-bond acceptors (Lipinski definition) is 3. The van der Waals surface area contributed by atoms with Gasteiger partial charge in [0.15, 0.2) is 0 Å². The SMILES string of the molecule is Cn1c(=O)n(CC(=O)NCc2cccc(N3CCCCC3=O)c2)c2ccccc21. The van der Waals surface area contributed by atoms with Gasteiger partial charge in [-0.3, -0.25) is 18.7 Å². The zero-order valence-corrected chi connectivity index (χ0v) is 16.4. The third-order valence-corrected chi connectivity index (χ3v) is 5.39. The number of imidazole rings is 1. The van der Waals surface area contributed by atoms with E-state index in [1.54, 1.807) is 11.6 Å². The Morgan fingerprint density at radius 3 is 2.62 bits per heavy atom. The van der Waals surface area contributed by atoms with Crippen molar-refractivity contribution in [3.63, 3.8) is 0 Å². The Hall–Kier alpha value is -3.35. The second-order valence-corrected chi connectivity index (χ2v) is 7.37. The number of anilines is 1. The van der Waals surface area contributed by atoms with Crippen LogP contribution in [-0.2, 0) is 29.7 Å². The monoisotopic (exact) mass is 392 g/mol. The predicted octanol–water partition coefficient (Wildman–Crippen LogP) is 2.17. The average molecular weight is 392 g/mol. The van der Waals surface area contributed by atoms with E-state index in [2.05, 4.69) is 5.32 Å². The van der Waals surface area contributed by atoms with Crippen LogP contribution in [0.2, 0.25) is 0 Å². The third kappa shape index (κ3) is 3.81. The fourth-order valence-corrected chi connectivity index (χ4v) is 3.83. The zero-order valence-electron chi connectivity index (χ0n) is 16.4. The summed E-state index contributed by atoms with van der Waals surface area (Å²) in [5.41, 5.74) is 3.10. The average Bonchev–Trinajstić information content (AvgIpc) is 2.98. The summed E-state index contributed by atoms with van der Waals surface area (Å²) in [6, 6.07) is 15.1. The largest absolute Gasteiger partial charge is 0.350 e. The van der Waals surface area contributed by atoms with Crippen molar-refractivity contribution in [2.45, 2.75) is 32.4 Å². The van der Waals surface area contributed by atoms with Gasteiger partial charge in [-0.2, -0.15) is 0 Å². The van der Waals surface area contributed by atoms with Gasteiger partial charge in [0.05, 0.1) is 11.0 Å². The number of para-hydroxylation sites is 2. The Kier molecular flexibility index (Phi) is 5.20. The number of carbonyl (C=O) groups excluding carboxylic acids is 2. The Labute approximate surface area is 168 Å². The molecule has 0 radical (unpaired) electrons. The van der Waals surface area contributed by atoms with E-state index in [-0.39, 0.29) is 24.0 Å². The molecule has 1 aromatic heterocycles. The molecular weight excluding hydrogens is 368 g/mol. The first-order valence-corrected chi connectivity index (χ1v) is 9.85. The number of piperidine rings is 1. The number of carbonyl (C=O) groups is 2. The number of fused-ring (bicyclic) bond motifs is 1. The second-order valence-electron chi connectivity index (χ2n) is 7.37. The highest BCUT2D eigenvalue weighted by atomic mass is 16.2. The minimum Gasteiger partial charge on any atom is -0.350 e. The molecule has 2 heterocycles. The summed E-state index contributed by atoms with van der Waals surface area (Å²) in [7, 11) is 1.70. The summed E-state index contributed by atoms with van der Waals surface area (Å²) in [5.74, 6) is -0.0873. The minimum absolute atomic E-state index is 0.0372. The van der Waals surface area contributed by atoms with Crippen LogP contribution in [0.5, 0.6) is 0 Å². The van der Waals surface area contributed by atoms with Crippen LogP contribution in [0.25, 0.3) is 11.0 Å². The molecule has 150 valence electrons. The van der Waals surface area contributed by atoms with Crippen LogP contribution in [0.1, 0.15) is 24.8 Å². The lowest BCUT2D eigenvalue weighted by Crippen LogP contribution is -2.35. The van der Waals surface area contributed by atoms with Gasteiger partial charge in [-0.1, -0.05) is 24.3 Å². The van der Waals surface area contributed by atoms with E-state index < -0.39 is 0 Å². The molecule has 0 bridgehead atoms. The minimum atomic E-state index is -0.233. The van der Waals surface area contributed by atoms with Gasteiger partial charge >= 0.3 is 5.69 Å².